The second-order valence-electron chi connectivity index (χ2n) is 5.30. The number of carbonyl (C=O) groups excluding carboxylic acids is 2. The van der Waals surface area contributed by atoms with Crippen LogP contribution in [-0.4, -0.2) is 65.2 Å². The van der Waals surface area contributed by atoms with E-state index >= 15 is 0 Å². The van der Waals surface area contributed by atoms with Gasteiger partial charge in [0.15, 0.2) is 0 Å². The fourth-order valence-electron chi connectivity index (χ4n) is 2.86. The van der Waals surface area contributed by atoms with Gasteiger partial charge < -0.3 is 14.9 Å². The van der Waals surface area contributed by atoms with Crippen LogP contribution in [0.4, 0.5) is 13.2 Å². The minimum atomic E-state index is -4.45. The van der Waals surface area contributed by atoms with Gasteiger partial charge in [-0.05, 0) is 12.8 Å². The van der Waals surface area contributed by atoms with Crippen LogP contribution in [0.3, 0.4) is 0 Å². The molecule has 8 heteroatoms. The number of hydrogen-bond acceptors (Lipinski definition) is 3. The van der Waals surface area contributed by atoms with E-state index in [0.29, 0.717) is 17.9 Å². The Bertz CT molecular complexity index is 400. The summed E-state index contributed by atoms with van der Waals surface area (Å²) in [6.45, 7) is -1.16. The van der Waals surface area contributed by atoms with Crippen molar-refractivity contribution in [2.45, 2.75) is 31.5 Å². The third-order valence-corrected chi connectivity index (χ3v) is 3.80. The SMILES string of the molecule is O=C1CC(C(=O)N2CCCC2CO)CN1CC(F)(F)F. The van der Waals surface area contributed by atoms with Crippen LogP contribution in [0.15, 0.2) is 0 Å². The Morgan fingerprint density at radius 2 is 2.10 bits per heavy atom. The standard InChI is InChI=1S/C12H17F3N2O3/c13-12(14,15)7-16-5-8(4-10(16)19)11(20)17-3-1-2-9(17)6-18/h8-9,18H,1-7H2. The number of aliphatic hydroxyl groups excluding tert-OH is 1. The van der Waals surface area contributed by atoms with Crippen LogP contribution >= 0.6 is 0 Å². The molecule has 0 saturated carbocycles. The quantitative estimate of drug-likeness (QED) is 0.818. The van der Waals surface area contributed by atoms with Gasteiger partial charge in [-0.15, -0.1) is 0 Å². The number of carbonyl (C=O) groups is 2. The zero-order valence-corrected chi connectivity index (χ0v) is 10.9. The van der Waals surface area contributed by atoms with Gasteiger partial charge in [-0.1, -0.05) is 0 Å². The number of likely N-dealkylation sites (tertiary alicyclic amines) is 2. The Balaban J connectivity index is 1.97. The summed E-state index contributed by atoms with van der Waals surface area (Å²) in [6, 6.07) is -0.269. The van der Waals surface area contributed by atoms with E-state index in [0.717, 1.165) is 6.42 Å². The normalized spacial score (nSPS) is 27.5. The Kier molecular flexibility index (Phi) is 4.22. The van der Waals surface area contributed by atoms with Crippen LogP contribution in [0, 0.1) is 5.92 Å². The average Bonchev–Trinajstić information content (AvgIpc) is 2.94. The highest BCUT2D eigenvalue weighted by Crippen LogP contribution is 2.27. The van der Waals surface area contributed by atoms with E-state index in [1.807, 2.05) is 0 Å². The van der Waals surface area contributed by atoms with Crippen molar-refractivity contribution in [3.63, 3.8) is 0 Å². The Morgan fingerprint density at radius 3 is 2.70 bits per heavy atom. The molecule has 2 amide bonds. The van der Waals surface area contributed by atoms with E-state index in [9.17, 15) is 22.8 Å². The first-order chi connectivity index (χ1) is 9.31. The molecule has 1 N–H and O–H groups in total. The molecule has 0 bridgehead atoms. The molecule has 0 aromatic carbocycles. The Morgan fingerprint density at radius 1 is 1.40 bits per heavy atom. The smallest absolute Gasteiger partial charge is 0.394 e. The lowest BCUT2D eigenvalue weighted by atomic mass is 10.1. The van der Waals surface area contributed by atoms with Crippen LogP contribution < -0.4 is 0 Å². The second kappa shape index (κ2) is 5.59. The van der Waals surface area contributed by atoms with Crippen molar-refractivity contribution in [1.29, 1.82) is 0 Å². The van der Waals surface area contributed by atoms with Gasteiger partial charge in [0.25, 0.3) is 0 Å². The molecule has 5 nitrogen and oxygen atoms in total. The monoisotopic (exact) mass is 294 g/mol. The van der Waals surface area contributed by atoms with Gasteiger partial charge in [0.05, 0.1) is 18.6 Å². The first-order valence-electron chi connectivity index (χ1n) is 6.57. The van der Waals surface area contributed by atoms with Gasteiger partial charge in [0.2, 0.25) is 11.8 Å². The van der Waals surface area contributed by atoms with E-state index in [2.05, 4.69) is 0 Å². The summed E-state index contributed by atoms with van der Waals surface area (Å²) >= 11 is 0. The van der Waals surface area contributed by atoms with Gasteiger partial charge in [0, 0.05) is 19.5 Å². The summed E-state index contributed by atoms with van der Waals surface area (Å²) < 4.78 is 36.9. The van der Waals surface area contributed by atoms with Crippen LogP contribution in [0.25, 0.3) is 0 Å². The lowest BCUT2D eigenvalue weighted by Gasteiger charge is -2.26. The van der Waals surface area contributed by atoms with Crippen molar-refractivity contribution in [3.8, 4) is 0 Å². The maximum Gasteiger partial charge on any atom is 0.406 e. The summed E-state index contributed by atoms with van der Waals surface area (Å²) in [5.74, 6) is -1.68. The van der Waals surface area contributed by atoms with Crippen molar-refractivity contribution in [1.82, 2.24) is 9.80 Å². The van der Waals surface area contributed by atoms with Crippen molar-refractivity contribution >= 4 is 11.8 Å². The predicted molar refractivity (Wildman–Crippen MR) is 62.6 cm³/mol. The zero-order valence-electron chi connectivity index (χ0n) is 10.9. The predicted octanol–water partition coefficient (Wildman–Crippen LogP) is 0.380. The minimum Gasteiger partial charge on any atom is -0.394 e. The van der Waals surface area contributed by atoms with Crippen molar-refractivity contribution in [2.24, 2.45) is 5.92 Å². The number of alkyl halides is 3. The van der Waals surface area contributed by atoms with E-state index in [-0.39, 0.29) is 31.5 Å². The fraction of sp³-hybridized carbons (Fsp3) is 0.833. The highest BCUT2D eigenvalue weighted by atomic mass is 19.4. The molecule has 2 fully saturated rings. The fourth-order valence-corrected chi connectivity index (χ4v) is 2.86. The largest absolute Gasteiger partial charge is 0.406 e. The summed E-state index contributed by atoms with van der Waals surface area (Å²) in [7, 11) is 0. The van der Waals surface area contributed by atoms with Crippen molar-refractivity contribution in [3.05, 3.63) is 0 Å². The van der Waals surface area contributed by atoms with Gasteiger partial charge in [-0.25, -0.2) is 0 Å². The Labute approximate surface area is 114 Å². The number of amides is 2. The van der Waals surface area contributed by atoms with Crippen LogP contribution in [0.5, 0.6) is 0 Å². The molecule has 0 spiro atoms. The molecule has 0 aromatic heterocycles. The highest BCUT2D eigenvalue weighted by Gasteiger charge is 2.43. The van der Waals surface area contributed by atoms with Gasteiger partial charge >= 0.3 is 6.18 Å². The topological polar surface area (TPSA) is 60.9 Å². The third kappa shape index (κ3) is 3.23. The molecule has 2 aliphatic rings. The molecule has 2 saturated heterocycles. The highest BCUT2D eigenvalue weighted by molar-refractivity contribution is 5.89. The first-order valence-corrected chi connectivity index (χ1v) is 6.57. The van der Waals surface area contributed by atoms with Crippen LogP contribution in [0.1, 0.15) is 19.3 Å². The Hall–Kier alpha value is -1.31. The van der Waals surface area contributed by atoms with Crippen LogP contribution in [-0.2, 0) is 9.59 Å². The van der Waals surface area contributed by atoms with Crippen LogP contribution in [0.2, 0.25) is 0 Å². The molecule has 2 rings (SSSR count). The molecule has 2 aliphatic heterocycles. The number of aliphatic hydroxyl groups is 1. The number of hydrogen-bond donors (Lipinski definition) is 1. The summed E-state index contributed by atoms with van der Waals surface area (Å²) in [6.07, 6.45) is -3.17. The summed E-state index contributed by atoms with van der Waals surface area (Å²) in [5, 5.41) is 9.16. The zero-order chi connectivity index (χ0) is 14.9. The molecule has 114 valence electrons. The maximum atomic E-state index is 12.3. The lowest BCUT2D eigenvalue weighted by molar-refractivity contribution is -0.157. The van der Waals surface area contributed by atoms with Crippen molar-refractivity contribution < 1.29 is 27.9 Å². The van der Waals surface area contributed by atoms with E-state index in [4.69, 9.17) is 5.11 Å². The molecule has 2 unspecified atom stereocenters. The van der Waals surface area contributed by atoms with Gasteiger partial charge in [-0.2, -0.15) is 13.2 Å². The van der Waals surface area contributed by atoms with Crippen molar-refractivity contribution in [2.75, 3.05) is 26.2 Å². The second-order valence-corrected chi connectivity index (χ2v) is 5.30. The van der Waals surface area contributed by atoms with Gasteiger partial charge in [0.1, 0.15) is 6.54 Å². The van der Waals surface area contributed by atoms with E-state index in [1.165, 1.54) is 4.90 Å². The lowest BCUT2D eigenvalue weighted by Crippen LogP contribution is -2.42. The third-order valence-electron chi connectivity index (χ3n) is 3.80. The summed E-state index contributed by atoms with van der Waals surface area (Å²) in [4.78, 5) is 25.9. The summed E-state index contributed by atoms with van der Waals surface area (Å²) in [5.41, 5.74) is 0. The molecule has 2 heterocycles. The van der Waals surface area contributed by atoms with E-state index in [1.54, 1.807) is 0 Å². The molecule has 0 radical (unpaired) electrons. The molecular weight excluding hydrogens is 277 g/mol. The molecular formula is C12H17F3N2O3. The van der Waals surface area contributed by atoms with E-state index < -0.39 is 24.5 Å². The average molecular weight is 294 g/mol. The maximum absolute atomic E-state index is 12.3. The molecule has 2 atom stereocenters. The number of halogens is 3. The van der Waals surface area contributed by atoms with Gasteiger partial charge in [-0.3, -0.25) is 9.59 Å². The first kappa shape index (κ1) is 15.1. The molecule has 0 aromatic rings. The minimum absolute atomic E-state index is 0.154. The number of nitrogens with zero attached hydrogens (tertiary/aromatic N) is 2. The molecule has 0 aliphatic carbocycles. The number of rotatable bonds is 3. The molecule has 20 heavy (non-hydrogen) atoms.